The molecule has 0 radical (unpaired) electrons. The number of nitrogens with one attached hydrogen (secondary N) is 2. The van der Waals surface area contributed by atoms with Gasteiger partial charge in [-0.2, -0.15) is 0 Å². The van der Waals surface area contributed by atoms with Gasteiger partial charge in [0.2, 0.25) is 0 Å². The molecule has 0 spiro atoms. The summed E-state index contributed by atoms with van der Waals surface area (Å²) in [6, 6.07) is 8.99. The summed E-state index contributed by atoms with van der Waals surface area (Å²) in [5.41, 5.74) is 1.79. The van der Waals surface area contributed by atoms with Gasteiger partial charge in [0.1, 0.15) is 5.76 Å². The number of hydrogen-bond acceptors (Lipinski definition) is 5. The lowest BCUT2D eigenvalue weighted by molar-refractivity contribution is 0.179. The molecule has 148 valence electrons. The minimum Gasteiger partial charge on any atom is -0.468 e. The zero-order valence-corrected chi connectivity index (χ0v) is 15.8. The molecule has 3 aromatic rings. The van der Waals surface area contributed by atoms with Crippen LogP contribution in [0.3, 0.4) is 0 Å². The maximum Gasteiger partial charge on any atom is 0.419 e. The summed E-state index contributed by atoms with van der Waals surface area (Å²) in [6.07, 6.45) is 3.47. The molecule has 3 heterocycles. The van der Waals surface area contributed by atoms with E-state index in [9.17, 15) is 9.59 Å². The standard InChI is InChI=1S/C20H24N4O4/c1-2-24-17-6-5-15(12-18(17)28-20(24)26)22-19(25)21-14-7-9-23(10-8-14)13-16-4-3-11-27-16/h3-6,11-12,14H,2,7-10,13H2,1H3,(H2,21,22,25). The summed E-state index contributed by atoms with van der Waals surface area (Å²) < 4.78 is 12.2. The Bertz CT molecular complexity index is 997. The van der Waals surface area contributed by atoms with Crippen molar-refractivity contribution < 1.29 is 13.6 Å². The van der Waals surface area contributed by atoms with Crippen LogP contribution in [0.15, 0.2) is 50.2 Å². The van der Waals surface area contributed by atoms with Crippen LogP contribution in [0.1, 0.15) is 25.5 Å². The number of urea groups is 1. The maximum atomic E-state index is 12.3. The van der Waals surface area contributed by atoms with E-state index in [0.717, 1.165) is 43.8 Å². The van der Waals surface area contributed by atoms with Crippen LogP contribution in [0.25, 0.3) is 11.1 Å². The fourth-order valence-corrected chi connectivity index (χ4v) is 3.65. The Morgan fingerprint density at radius 2 is 2.07 bits per heavy atom. The summed E-state index contributed by atoms with van der Waals surface area (Å²) in [6.45, 7) is 5.04. The predicted octanol–water partition coefficient (Wildman–Crippen LogP) is 2.99. The zero-order chi connectivity index (χ0) is 19.5. The lowest BCUT2D eigenvalue weighted by Crippen LogP contribution is -2.45. The van der Waals surface area contributed by atoms with Crippen molar-refractivity contribution in [2.45, 2.75) is 38.9 Å². The summed E-state index contributed by atoms with van der Waals surface area (Å²) in [5, 5.41) is 5.85. The number of furan rings is 1. The molecule has 1 aliphatic rings. The Morgan fingerprint density at radius 1 is 1.25 bits per heavy atom. The second-order valence-electron chi connectivity index (χ2n) is 7.02. The highest BCUT2D eigenvalue weighted by Crippen LogP contribution is 2.19. The number of piperidine rings is 1. The highest BCUT2D eigenvalue weighted by molar-refractivity contribution is 5.91. The van der Waals surface area contributed by atoms with Crippen molar-refractivity contribution in [2.75, 3.05) is 18.4 Å². The van der Waals surface area contributed by atoms with Crippen LogP contribution in [-0.4, -0.2) is 34.6 Å². The fourth-order valence-electron chi connectivity index (χ4n) is 3.65. The first-order valence-electron chi connectivity index (χ1n) is 9.58. The molecule has 8 heteroatoms. The van der Waals surface area contributed by atoms with Crippen molar-refractivity contribution in [2.24, 2.45) is 0 Å². The topological polar surface area (TPSA) is 92.7 Å². The first-order valence-corrected chi connectivity index (χ1v) is 9.58. The number of fused-ring (bicyclic) bond motifs is 1. The number of carbonyl (C=O) groups excluding carboxylic acids is 1. The molecule has 2 amide bonds. The fraction of sp³-hybridized carbons (Fsp3) is 0.400. The van der Waals surface area contributed by atoms with Crippen molar-refractivity contribution in [1.29, 1.82) is 0 Å². The zero-order valence-electron chi connectivity index (χ0n) is 15.8. The number of aromatic nitrogens is 1. The molecule has 0 aliphatic carbocycles. The van der Waals surface area contributed by atoms with E-state index in [1.165, 1.54) is 0 Å². The van der Waals surface area contributed by atoms with Crippen LogP contribution in [0.4, 0.5) is 10.5 Å². The van der Waals surface area contributed by atoms with Gasteiger partial charge in [0.25, 0.3) is 0 Å². The third-order valence-corrected chi connectivity index (χ3v) is 5.12. The molecule has 28 heavy (non-hydrogen) atoms. The van der Waals surface area contributed by atoms with Crippen LogP contribution in [-0.2, 0) is 13.1 Å². The summed E-state index contributed by atoms with van der Waals surface area (Å²) >= 11 is 0. The number of anilines is 1. The monoisotopic (exact) mass is 384 g/mol. The second kappa shape index (κ2) is 7.93. The summed E-state index contributed by atoms with van der Waals surface area (Å²) in [7, 11) is 0. The molecule has 1 fully saturated rings. The smallest absolute Gasteiger partial charge is 0.419 e. The van der Waals surface area contributed by atoms with Gasteiger partial charge in [-0.3, -0.25) is 9.47 Å². The molecule has 1 aromatic carbocycles. The van der Waals surface area contributed by atoms with Gasteiger partial charge in [-0.1, -0.05) is 0 Å². The predicted molar refractivity (Wildman–Crippen MR) is 105 cm³/mol. The van der Waals surface area contributed by atoms with Crippen molar-refractivity contribution in [3.63, 3.8) is 0 Å². The van der Waals surface area contributed by atoms with E-state index in [0.29, 0.717) is 17.8 Å². The minimum absolute atomic E-state index is 0.135. The number of hydrogen-bond donors (Lipinski definition) is 2. The number of benzene rings is 1. The normalized spacial score (nSPS) is 15.8. The van der Waals surface area contributed by atoms with Gasteiger partial charge in [0, 0.05) is 37.4 Å². The molecule has 0 bridgehead atoms. The van der Waals surface area contributed by atoms with Crippen LogP contribution in [0.5, 0.6) is 0 Å². The van der Waals surface area contributed by atoms with E-state index in [2.05, 4.69) is 15.5 Å². The largest absolute Gasteiger partial charge is 0.468 e. The SMILES string of the molecule is CCn1c(=O)oc2cc(NC(=O)NC3CCN(Cc4ccco4)CC3)ccc21. The number of rotatable bonds is 5. The van der Waals surface area contributed by atoms with Gasteiger partial charge in [-0.25, -0.2) is 9.59 Å². The molecule has 0 unspecified atom stereocenters. The van der Waals surface area contributed by atoms with Crippen LogP contribution < -0.4 is 16.4 Å². The lowest BCUT2D eigenvalue weighted by Gasteiger charge is -2.31. The van der Waals surface area contributed by atoms with Crippen molar-refractivity contribution in [1.82, 2.24) is 14.8 Å². The third-order valence-electron chi connectivity index (χ3n) is 5.12. The Labute approximate surface area is 162 Å². The number of oxazole rings is 1. The van der Waals surface area contributed by atoms with Crippen LogP contribution in [0, 0.1) is 0 Å². The van der Waals surface area contributed by atoms with Crippen LogP contribution in [0.2, 0.25) is 0 Å². The van der Waals surface area contributed by atoms with Crippen molar-refractivity contribution in [3.8, 4) is 0 Å². The summed E-state index contributed by atoms with van der Waals surface area (Å²) in [4.78, 5) is 26.4. The van der Waals surface area contributed by atoms with E-state index in [1.807, 2.05) is 19.1 Å². The van der Waals surface area contributed by atoms with Crippen LogP contribution >= 0.6 is 0 Å². The molecule has 2 N–H and O–H groups in total. The minimum atomic E-state index is -0.389. The molecule has 0 saturated carbocycles. The summed E-state index contributed by atoms with van der Waals surface area (Å²) in [5.74, 6) is 0.573. The molecule has 8 nitrogen and oxygen atoms in total. The molecule has 2 aromatic heterocycles. The Morgan fingerprint density at radius 3 is 2.79 bits per heavy atom. The van der Waals surface area contributed by atoms with Gasteiger partial charge in [-0.05, 0) is 44.0 Å². The Kier molecular flexibility index (Phi) is 5.21. The number of amides is 2. The quantitative estimate of drug-likeness (QED) is 0.705. The molecular weight excluding hydrogens is 360 g/mol. The average molecular weight is 384 g/mol. The van der Waals surface area contributed by atoms with Gasteiger partial charge in [0.15, 0.2) is 5.58 Å². The number of nitrogens with zero attached hydrogens (tertiary/aromatic N) is 2. The lowest BCUT2D eigenvalue weighted by atomic mass is 10.1. The Hall–Kier alpha value is -3.00. The first-order chi connectivity index (χ1) is 13.6. The number of carbonyl (C=O) groups is 1. The van der Waals surface area contributed by atoms with E-state index in [1.54, 1.807) is 29.0 Å². The molecule has 1 saturated heterocycles. The Balaban J connectivity index is 1.30. The van der Waals surface area contributed by atoms with Gasteiger partial charge < -0.3 is 19.5 Å². The second-order valence-corrected chi connectivity index (χ2v) is 7.02. The third kappa shape index (κ3) is 3.96. The van der Waals surface area contributed by atoms with Crippen molar-refractivity contribution >= 4 is 22.8 Å². The number of aryl methyl sites for hydroxylation is 1. The average Bonchev–Trinajstić information content (AvgIpc) is 3.29. The van der Waals surface area contributed by atoms with Gasteiger partial charge >= 0.3 is 11.8 Å². The molecule has 1 aliphatic heterocycles. The van der Waals surface area contributed by atoms with Gasteiger partial charge in [-0.15, -0.1) is 0 Å². The highest BCUT2D eigenvalue weighted by Gasteiger charge is 2.21. The number of likely N-dealkylation sites (tertiary alicyclic amines) is 1. The molecule has 4 rings (SSSR count). The van der Waals surface area contributed by atoms with E-state index in [4.69, 9.17) is 8.83 Å². The molecule has 0 atom stereocenters. The van der Waals surface area contributed by atoms with E-state index < -0.39 is 0 Å². The molecular formula is C20H24N4O4. The maximum absolute atomic E-state index is 12.3. The highest BCUT2D eigenvalue weighted by atomic mass is 16.4. The first kappa shape index (κ1) is 18.4. The van der Waals surface area contributed by atoms with Gasteiger partial charge in [0.05, 0.1) is 18.3 Å². The van der Waals surface area contributed by atoms with E-state index in [-0.39, 0.29) is 17.8 Å². The van der Waals surface area contributed by atoms with Crippen molar-refractivity contribution in [3.05, 3.63) is 52.9 Å². The van der Waals surface area contributed by atoms with E-state index >= 15 is 0 Å².